The van der Waals surface area contributed by atoms with E-state index in [9.17, 15) is 14.4 Å². The summed E-state index contributed by atoms with van der Waals surface area (Å²) in [4.78, 5) is 35.3. The van der Waals surface area contributed by atoms with Crippen molar-refractivity contribution in [3.8, 4) is 0 Å². The monoisotopic (exact) mass is 323 g/mol. The summed E-state index contributed by atoms with van der Waals surface area (Å²) in [5.41, 5.74) is 0.163. The van der Waals surface area contributed by atoms with Crippen molar-refractivity contribution in [2.75, 3.05) is 6.61 Å². The number of halogens is 1. The van der Waals surface area contributed by atoms with Gasteiger partial charge in [-0.15, -0.1) is 11.3 Å². The maximum absolute atomic E-state index is 11.7. The number of carbonyl (C=O) groups is 3. The molecule has 0 aliphatic rings. The van der Waals surface area contributed by atoms with Crippen molar-refractivity contribution in [2.45, 2.75) is 0 Å². The molecule has 0 unspecified atom stereocenters. The molecule has 1 aromatic carbocycles. The van der Waals surface area contributed by atoms with E-state index in [2.05, 4.69) is 5.32 Å². The van der Waals surface area contributed by atoms with Crippen LogP contribution in [-0.2, 0) is 9.53 Å². The van der Waals surface area contributed by atoms with Gasteiger partial charge in [-0.1, -0.05) is 29.8 Å². The second-order valence-corrected chi connectivity index (χ2v) is 5.27. The maximum Gasteiger partial charge on any atom is 0.340 e. The van der Waals surface area contributed by atoms with Gasteiger partial charge < -0.3 is 4.74 Å². The van der Waals surface area contributed by atoms with Crippen LogP contribution < -0.4 is 5.32 Å². The molecule has 1 N–H and O–H groups in total. The fraction of sp³-hybridized carbons (Fsp3) is 0.0714. The summed E-state index contributed by atoms with van der Waals surface area (Å²) in [6.07, 6.45) is 0. The van der Waals surface area contributed by atoms with Crippen molar-refractivity contribution < 1.29 is 19.1 Å². The van der Waals surface area contributed by atoms with Gasteiger partial charge in [-0.05, 0) is 23.6 Å². The predicted octanol–water partition coefficient (Wildman–Crippen LogP) is 2.51. The highest BCUT2D eigenvalue weighted by Crippen LogP contribution is 2.15. The largest absolute Gasteiger partial charge is 0.452 e. The maximum atomic E-state index is 11.7. The first-order chi connectivity index (χ1) is 10.1. The Morgan fingerprint density at radius 2 is 1.90 bits per heavy atom. The highest BCUT2D eigenvalue weighted by Gasteiger charge is 2.15. The molecule has 1 heterocycles. The van der Waals surface area contributed by atoms with Crippen LogP contribution in [0.15, 0.2) is 41.8 Å². The van der Waals surface area contributed by atoms with E-state index in [1.807, 2.05) is 0 Å². The third kappa shape index (κ3) is 4.14. The van der Waals surface area contributed by atoms with Gasteiger partial charge in [0.25, 0.3) is 11.8 Å². The molecule has 2 aromatic rings. The van der Waals surface area contributed by atoms with Gasteiger partial charge in [-0.25, -0.2) is 4.79 Å². The van der Waals surface area contributed by atoms with Gasteiger partial charge in [0.05, 0.1) is 15.5 Å². The Morgan fingerprint density at radius 1 is 1.14 bits per heavy atom. The zero-order valence-corrected chi connectivity index (χ0v) is 12.2. The van der Waals surface area contributed by atoms with E-state index in [0.717, 1.165) is 0 Å². The minimum absolute atomic E-state index is 0.163. The first-order valence-corrected chi connectivity index (χ1v) is 7.13. The summed E-state index contributed by atoms with van der Waals surface area (Å²) in [6, 6.07) is 9.61. The van der Waals surface area contributed by atoms with Crippen LogP contribution in [0.4, 0.5) is 0 Å². The Hall–Kier alpha value is -2.18. The molecule has 0 aliphatic carbocycles. The second-order valence-electron chi connectivity index (χ2n) is 3.91. The number of rotatable bonds is 4. The number of nitrogens with one attached hydrogen (secondary N) is 1. The van der Waals surface area contributed by atoms with Crippen LogP contribution >= 0.6 is 22.9 Å². The number of hydrogen-bond donors (Lipinski definition) is 1. The molecule has 7 heteroatoms. The lowest BCUT2D eigenvalue weighted by Crippen LogP contribution is -2.33. The third-order valence-electron chi connectivity index (χ3n) is 2.43. The number of imide groups is 1. The third-order valence-corrected chi connectivity index (χ3v) is 3.62. The van der Waals surface area contributed by atoms with Gasteiger partial charge in [0, 0.05) is 0 Å². The lowest BCUT2D eigenvalue weighted by Gasteiger charge is -2.06. The molecule has 0 fully saturated rings. The Labute approximate surface area is 129 Å². The molecule has 1 aromatic heterocycles. The number of hydrogen-bond acceptors (Lipinski definition) is 5. The van der Waals surface area contributed by atoms with E-state index in [1.54, 1.807) is 35.7 Å². The Morgan fingerprint density at radius 3 is 2.57 bits per heavy atom. The van der Waals surface area contributed by atoms with Crippen LogP contribution in [0.5, 0.6) is 0 Å². The minimum Gasteiger partial charge on any atom is -0.452 e. The van der Waals surface area contributed by atoms with E-state index in [1.165, 1.54) is 17.4 Å². The molecule has 5 nitrogen and oxygen atoms in total. The number of benzene rings is 1. The molecule has 0 spiro atoms. The van der Waals surface area contributed by atoms with Crippen molar-refractivity contribution in [2.24, 2.45) is 0 Å². The number of ether oxygens (including phenoxy) is 1. The minimum atomic E-state index is -0.723. The molecular formula is C14H10ClNO4S. The lowest BCUT2D eigenvalue weighted by molar-refractivity contribution is -0.123. The Balaban J connectivity index is 1.86. The van der Waals surface area contributed by atoms with Gasteiger partial charge in [0.1, 0.15) is 0 Å². The molecule has 0 aliphatic heterocycles. The Kier molecular flexibility index (Phi) is 5.08. The van der Waals surface area contributed by atoms with Crippen molar-refractivity contribution in [1.29, 1.82) is 0 Å². The zero-order valence-electron chi connectivity index (χ0n) is 10.7. The average molecular weight is 324 g/mol. The molecule has 108 valence electrons. The van der Waals surface area contributed by atoms with Crippen LogP contribution in [0, 0.1) is 0 Å². The molecule has 2 rings (SSSR count). The lowest BCUT2D eigenvalue weighted by atomic mass is 10.2. The summed E-state index contributed by atoms with van der Waals surface area (Å²) in [7, 11) is 0. The summed E-state index contributed by atoms with van der Waals surface area (Å²) < 4.78 is 4.80. The SMILES string of the molecule is O=C(COC(=O)c1ccccc1Cl)NC(=O)c1cccs1. The highest BCUT2D eigenvalue weighted by atomic mass is 35.5. The standard InChI is InChI=1S/C14H10ClNO4S/c15-10-5-2-1-4-9(10)14(19)20-8-12(17)16-13(18)11-6-3-7-21-11/h1-7H,8H2,(H,16,17,18). The fourth-order valence-corrected chi connectivity index (χ4v) is 2.30. The van der Waals surface area contributed by atoms with Crippen molar-refractivity contribution >= 4 is 40.7 Å². The van der Waals surface area contributed by atoms with Gasteiger partial charge in [-0.2, -0.15) is 0 Å². The van der Waals surface area contributed by atoms with E-state index >= 15 is 0 Å². The summed E-state index contributed by atoms with van der Waals surface area (Å²) >= 11 is 7.04. The highest BCUT2D eigenvalue weighted by molar-refractivity contribution is 7.12. The number of carbonyl (C=O) groups excluding carboxylic acids is 3. The predicted molar refractivity (Wildman–Crippen MR) is 78.5 cm³/mol. The first kappa shape index (κ1) is 15.2. The smallest absolute Gasteiger partial charge is 0.340 e. The topological polar surface area (TPSA) is 72.5 Å². The second kappa shape index (κ2) is 7.01. The van der Waals surface area contributed by atoms with Gasteiger partial charge >= 0.3 is 5.97 Å². The van der Waals surface area contributed by atoms with E-state index < -0.39 is 24.4 Å². The Bertz CT molecular complexity index is 669. The van der Waals surface area contributed by atoms with E-state index in [0.29, 0.717) is 4.88 Å². The molecular weight excluding hydrogens is 314 g/mol. The first-order valence-electron chi connectivity index (χ1n) is 5.87. The van der Waals surface area contributed by atoms with Crippen LogP contribution in [0.2, 0.25) is 5.02 Å². The molecule has 2 amide bonds. The molecule has 0 saturated heterocycles. The molecule has 21 heavy (non-hydrogen) atoms. The number of thiophene rings is 1. The van der Waals surface area contributed by atoms with Crippen molar-refractivity contribution in [1.82, 2.24) is 5.32 Å². The molecule has 0 atom stereocenters. The van der Waals surface area contributed by atoms with Gasteiger partial charge in [-0.3, -0.25) is 14.9 Å². The summed E-state index contributed by atoms with van der Waals surface area (Å²) in [5, 5.41) is 4.08. The zero-order chi connectivity index (χ0) is 15.2. The van der Waals surface area contributed by atoms with E-state index in [-0.39, 0.29) is 10.6 Å². The van der Waals surface area contributed by atoms with E-state index in [4.69, 9.17) is 16.3 Å². The van der Waals surface area contributed by atoms with Crippen molar-refractivity contribution in [3.63, 3.8) is 0 Å². The average Bonchev–Trinajstić information content (AvgIpc) is 2.99. The van der Waals surface area contributed by atoms with Crippen LogP contribution in [-0.4, -0.2) is 24.4 Å². The number of esters is 1. The molecule has 0 bridgehead atoms. The normalized spacial score (nSPS) is 9.95. The number of amides is 2. The molecule has 0 saturated carbocycles. The quantitative estimate of drug-likeness (QED) is 0.877. The van der Waals surface area contributed by atoms with Crippen LogP contribution in [0.3, 0.4) is 0 Å². The van der Waals surface area contributed by atoms with Crippen LogP contribution in [0.1, 0.15) is 20.0 Å². The summed E-state index contributed by atoms with van der Waals surface area (Å²) in [6.45, 7) is -0.554. The van der Waals surface area contributed by atoms with Gasteiger partial charge in [0.2, 0.25) is 0 Å². The summed E-state index contributed by atoms with van der Waals surface area (Å²) in [5.74, 6) is -1.95. The molecule has 0 radical (unpaired) electrons. The fourth-order valence-electron chi connectivity index (χ4n) is 1.47. The van der Waals surface area contributed by atoms with Crippen molar-refractivity contribution in [3.05, 3.63) is 57.2 Å². The van der Waals surface area contributed by atoms with Gasteiger partial charge in [0.15, 0.2) is 6.61 Å². The van der Waals surface area contributed by atoms with Crippen LogP contribution in [0.25, 0.3) is 0 Å².